The number of aromatic nitrogens is 2. The van der Waals surface area contributed by atoms with E-state index in [2.05, 4.69) is 10.1 Å². The van der Waals surface area contributed by atoms with Gasteiger partial charge in [-0.1, -0.05) is 35.0 Å². The summed E-state index contributed by atoms with van der Waals surface area (Å²) in [6, 6.07) is 11.0. The Hall–Kier alpha value is -2.18. The van der Waals surface area contributed by atoms with Crippen LogP contribution >= 0.6 is 22.9 Å². The van der Waals surface area contributed by atoms with E-state index in [-0.39, 0.29) is 5.91 Å². The molecule has 2 heterocycles. The maximum Gasteiger partial charge on any atom is 0.263 e. The van der Waals surface area contributed by atoms with Gasteiger partial charge in [0.05, 0.1) is 15.5 Å². The second-order valence-electron chi connectivity index (χ2n) is 4.95. The maximum atomic E-state index is 12.2. The van der Waals surface area contributed by atoms with Crippen molar-refractivity contribution in [2.24, 2.45) is 0 Å². The fourth-order valence-corrected chi connectivity index (χ4v) is 2.99. The van der Waals surface area contributed by atoms with Gasteiger partial charge < -0.3 is 9.42 Å². The topological polar surface area (TPSA) is 59.2 Å². The molecule has 0 bridgehead atoms. The molecule has 23 heavy (non-hydrogen) atoms. The van der Waals surface area contributed by atoms with E-state index < -0.39 is 0 Å². The molecule has 3 aromatic rings. The minimum absolute atomic E-state index is 0.00479. The van der Waals surface area contributed by atoms with Crippen LogP contribution in [-0.2, 0) is 6.42 Å². The van der Waals surface area contributed by atoms with Crippen molar-refractivity contribution in [3.63, 3.8) is 0 Å². The highest BCUT2D eigenvalue weighted by Gasteiger charge is 2.15. The zero-order valence-electron chi connectivity index (χ0n) is 12.4. The number of rotatable bonds is 5. The van der Waals surface area contributed by atoms with Crippen LogP contribution in [0.1, 0.15) is 15.5 Å². The van der Waals surface area contributed by atoms with Gasteiger partial charge in [0.25, 0.3) is 11.8 Å². The number of hydrogen-bond donors (Lipinski definition) is 0. The number of halogens is 1. The first-order chi connectivity index (χ1) is 11.1. The molecular weight excluding hydrogens is 334 g/mol. The van der Waals surface area contributed by atoms with Crippen LogP contribution in [0.25, 0.3) is 11.5 Å². The molecule has 7 heteroatoms. The van der Waals surface area contributed by atoms with Crippen molar-refractivity contribution in [1.82, 2.24) is 15.0 Å². The Morgan fingerprint density at radius 3 is 2.87 bits per heavy atom. The van der Waals surface area contributed by atoms with Gasteiger partial charge >= 0.3 is 0 Å². The number of nitrogens with zero attached hydrogens (tertiary/aromatic N) is 3. The number of thiophene rings is 1. The molecule has 0 fully saturated rings. The summed E-state index contributed by atoms with van der Waals surface area (Å²) >= 11 is 7.54. The Labute approximate surface area is 142 Å². The molecule has 3 rings (SSSR count). The Bertz CT molecular complexity index is 801. The first-order valence-electron chi connectivity index (χ1n) is 7.01. The Balaban J connectivity index is 1.64. The van der Waals surface area contributed by atoms with Crippen molar-refractivity contribution in [1.29, 1.82) is 0 Å². The van der Waals surface area contributed by atoms with Crippen LogP contribution in [0.4, 0.5) is 0 Å². The second kappa shape index (κ2) is 6.93. The number of benzene rings is 1. The number of hydrogen-bond acceptors (Lipinski definition) is 5. The van der Waals surface area contributed by atoms with Crippen LogP contribution in [-0.4, -0.2) is 34.5 Å². The van der Waals surface area contributed by atoms with E-state index in [1.165, 1.54) is 11.3 Å². The highest BCUT2D eigenvalue weighted by atomic mass is 35.5. The molecule has 0 aliphatic heterocycles. The molecule has 0 atom stereocenters. The van der Waals surface area contributed by atoms with E-state index >= 15 is 0 Å². The Kier molecular flexibility index (Phi) is 4.73. The number of carbonyl (C=O) groups is 1. The Morgan fingerprint density at radius 1 is 1.30 bits per heavy atom. The van der Waals surface area contributed by atoms with Crippen LogP contribution in [0, 0.1) is 0 Å². The molecule has 2 aromatic heterocycles. The fourth-order valence-electron chi connectivity index (χ4n) is 2.06. The summed E-state index contributed by atoms with van der Waals surface area (Å²) in [5, 5.41) is 6.40. The molecular formula is C16H14ClN3O2S. The zero-order valence-corrected chi connectivity index (χ0v) is 14.0. The molecule has 0 saturated carbocycles. The summed E-state index contributed by atoms with van der Waals surface area (Å²) < 4.78 is 5.25. The summed E-state index contributed by atoms with van der Waals surface area (Å²) in [6.45, 7) is 0.512. The van der Waals surface area contributed by atoms with Gasteiger partial charge in [0.1, 0.15) is 0 Å². The van der Waals surface area contributed by atoms with E-state index in [4.69, 9.17) is 16.1 Å². The summed E-state index contributed by atoms with van der Waals surface area (Å²) in [5.74, 6) is 0.929. The summed E-state index contributed by atoms with van der Waals surface area (Å²) in [4.78, 5) is 18.9. The van der Waals surface area contributed by atoms with Crippen molar-refractivity contribution in [3.8, 4) is 11.5 Å². The maximum absolute atomic E-state index is 12.2. The van der Waals surface area contributed by atoms with Crippen molar-refractivity contribution in [3.05, 3.63) is 57.5 Å². The van der Waals surface area contributed by atoms with E-state index in [0.717, 1.165) is 4.88 Å². The third-order valence-electron chi connectivity index (χ3n) is 3.32. The SMILES string of the molecule is CN(CCc1noc(-c2ccccc2Cl)n1)C(=O)c1cccs1. The second-order valence-corrected chi connectivity index (χ2v) is 6.30. The third kappa shape index (κ3) is 3.60. The molecule has 0 aliphatic rings. The summed E-state index contributed by atoms with van der Waals surface area (Å²) in [6.07, 6.45) is 0.515. The minimum atomic E-state index is -0.00479. The fraction of sp³-hybridized carbons (Fsp3) is 0.188. The average molecular weight is 348 g/mol. The molecule has 0 N–H and O–H groups in total. The molecule has 1 amide bonds. The van der Waals surface area contributed by atoms with E-state index in [1.807, 2.05) is 35.7 Å². The van der Waals surface area contributed by atoms with Crippen molar-refractivity contribution < 1.29 is 9.32 Å². The lowest BCUT2D eigenvalue weighted by atomic mass is 10.2. The monoisotopic (exact) mass is 347 g/mol. The van der Waals surface area contributed by atoms with Crippen LogP contribution in [0.15, 0.2) is 46.3 Å². The summed E-state index contributed by atoms with van der Waals surface area (Å²) in [5.41, 5.74) is 0.705. The van der Waals surface area contributed by atoms with Gasteiger partial charge in [0.2, 0.25) is 0 Å². The number of carbonyl (C=O) groups excluding carboxylic acids is 1. The standard InChI is InChI=1S/C16H14ClN3O2S/c1-20(16(21)13-7-4-10-23-13)9-8-14-18-15(22-19-14)11-5-2-3-6-12(11)17/h2-7,10H,8-9H2,1H3. The molecule has 0 saturated heterocycles. The highest BCUT2D eigenvalue weighted by Crippen LogP contribution is 2.25. The van der Waals surface area contributed by atoms with Crippen LogP contribution in [0.5, 0.6) is 0 Å². The first kappa shape index (κ1) is 15.7. The normalized spacial score (nSPS) is 10.7. The van der Waals surface area contributed by atoms with Crippen LogP contribution in [0.2, 0.25) is 5.02 Å². The number of likely N-dealkylation sites (N-methyl/N-ethyl adjacent to an activating group) is 1. The quantitative estimate of drug-likeness (QED) is 0.705. The van der Waals surface area contributed by atoms with Gasteiger partial charge in [0.15, 0.2) is 5.82 Å². The van der Waals surface area contributed by atoms with Crippen molar-refractivity contribution in [2.45, 2.75) is 6.42 Å². The van der Waals surface area contributed by atoms with Gasteiger partial charge in [-0.25, -0.2) is 0 Å². The molecule has 1 aromatic carbocycles. The lowest BCUT2D eigenvalue weighted by Gasteiger charge is -2.14. The van der Waals surface area contributed by atoms with Crippen LogP contribution < -0.4 is 0 Å². The highest BCUT2D eigenvalue weighted by molar-refractivity contribution is 7.12. The van der Waals surface area contributed by atoms with Crippen molar-refractivity contribution in [2.75, 3.05) is 13.6 Å². The van der Waals surface area contributed by atoms with E-state index in [1.54, 1.807) is 18.0 Å². The molecule has 0 aliphatic carbocycles. The summed E-state index contributed by atoms with van der Waals surface area (Å²) in [7, 11) is 1.76. The predicted molar refractivity (Wildman–Crippen MR) is 89.7 cm³/mol. The van der Waals surface area contributed by atoms with Gasteiger partial charge in [0, 0.05) is 20.0 Å². The van der Waals surface area contributed by atoms with Crippen molar-refractivity contribution >= 4 is 28.8 Å². The van der Waals surface area contributed by atoms with Gasteiger partial charge in [-0.2, -0.15) is 4.98 Å². The van der Waals surface area contributed by atoms with E-state index in [9.17, 15) is 4.79 Å². The first-order valence-corrected chi connectivity index (χ1v) is 8.27. The lowest BCUT2D eigenvalue weighted by molar-refractivity contribution is 0.0800. The zero-order chi connectivity index (χ0) is 16.2. The average Bonchev–Trinajstić information content (AvgIpc) is 3.24. The molecule has 5 nitrogen and oxygen atoms in total. The van der Waals surface area contributed by atoms with Gasteiger partial charge in [-0.15, -0.1) is 11.3 Å². The molecule has 118 valence electrons. The molecule has 0 spiro atoms. The minimum Gasteiger partial charge on any atom is -0.341 e. The smallest absolute Gasteiger partial charge is 0.263 e. The molecule has 0 unspecified atom stereocenters. The predicted octanol–water partition coefficient (Wildman–Crippen LogP) is 3.77. The number of amides is 1. The van der Waals surface area contributed by atoms with Crippen LogP contribution in [0.3, 0.4) is 0 Å². The third-order valence-corrected chi connectivity index (χ3v) is 4.51. The Morgan fingerprint density at radius 2 is 2.13 bits per heavy atom. The van der Waals surface area contributed by atoms with Gasteiger partial charge in [-0.05, 0) is 23.6 Å². The largest absolute Gasteiger partial charge is 0.341 e. The lowest BCUT2D eigenvalue weighted by Crippen LogP contribution is -2.28. The van der Waals surface area contributed by atoms with E-state index in [0.29, 0.717) is 35.3 Å². The van der Waals surface area contributed by atoms with Gasteiger partial charge in [-0.3, -0.25) is 4.79 Å². The molecule has 0 radical (unpaired) electrons.